The smallest absolute Gasteiger partial charge is 0.448 e. The molecule has 1 atom stereocenters. The van der Waals surface area contributed by atoms with Gasteiger partial charge in [-0.25, -0.2) is 19.0 Å². The maximum absolute atomic E-state index is 13.4. The summed E-state index contributed by atoms with van der Waals surface area (Å²) in [6.45, 7) is 1.73. The number of aromatic nitrogens is 3. The lowest BCUT2D eigenvalue weighted by Gasteiger charge is -2.18. The zero-order chi connectivity index (χ0) is 28.8. The number of ether oxygens (including phenoxy) is 1. The molecule has 14 nitrogen and oxygen atoms in total. The van der Waals surface area contributed by atoms with Crippen LogP contribution in [0.5, 0.6) is 5.75 Å². The minimum atomic E-state index is -1.03. The lowest BCUT2D eigenvalue weighted by atomic mass is 9.98. The maximum atomic E-state index is 13.4. The highest BCUT2D eigenvalue weighted by atomic mass is 16.5. The topological polar surface area (TPSA) is 194 Å². The Morgan fingerprint density at radius 2 is 1.98 bits per heavy atom. The molecule has 14 heteroatoms. The average Bonchev–Trinajstić information content (AvgIpc) is 3.54. The highest BCUT2D eigenvalue weighted by Crippen LogP contribution is 2.35. The van der Waals surface area contributed by atoms with Gasteiger partial charge in [0, 0.05) is 6.54 Å². The molecule has 2 aromatic heterocycles. The van der Waals surface area contributed by atoms with Crippen molar-refractivity contribution >= 4 is 35.2 Å². The van der Waals surface area contributed by atoms with Crippen LogP contribution in [0.2, 0.25) is 0 Å². The highest BCUT2D eigenvalue weighted by Gasteiger charge is 2.29. The lowest BCUT2D eigenvalue weighted by Crippen LogP contribution is -2.32. The Morgan fingerprint density at radius 1 is 1.15 bits per heavy atom. The molecule has 3 amide bonds. The highest BCUT2D eigenvalue weighted by molar-refractivity contribution is 5.98. The third-order valence-electron chi connectivity index (χ3n) is 7.15. The summed E-state index contributed by atoms with van der Waals surface area (Å²) in [6.07, 6.45) is 1.09. The number of fused-ring (bicyclic) bond motifs is 3. The molecule has 3 heterocycles. The zero-order valence-corrected chi connectivity index (χ0v) is 21.5. The van der Waals surface area contributed by atoms with E-state index in [1.165, 1.54) is 12.1 Å². The summed E-state index contributed by atoms with van der Waals surface area (Å²) >= 11 is 0. The van der Waals surface area contributed by atoms with Crippen molar-refractivity contribution in [2.45, 2.75) is 32.4 Å². The van der Waals surface area contributed by atoms with Gasteiger partial charge in [0.15, 0.2) is 6.61 Å². The van der Waals surface area contributed by atoms with E-state index in [0.29, 0.717) is 35.4 Å². The summed E-state index contributed by atoms with van der Waals surface area (Å²) in [5.74, 6) is -3.32. The van der Waals surface area contributed by atoms with Gasteiger partial charge >= 0.3 is 11.7 Å². The molecule has 0 saturated heterocycles. The van der Waals surface area contributed by atoms with Crippen LogP contribution < -0.4 is 26.4 Å². The van der Waals surface area contributed by atoms with Gasteiger partial charge < -0.3 is 25.8 Å². The number of benzene rings is 2. The summed E-state index contributed by atoms with van der Waals surface area (Å²) in [4.78, 5) is 65.9. The van der Waals surface area contributed by atoms with Gasteiger partial charge in [-0.05, 0) is 71.4 Å². The molecule has 1 aliphatic carbocycles. The van der Waals surface area contributed by atoms with E-state index < -0.39 is 29.6 Å². The zero-order valence-electron chi connectivity index (χ0n) is 21.5. The molecular weight excluding hydrogens is 536 g/mol. The standard InChI is InChI=1S/C27H22N6O8/c1-12-14-5-6-17(16(14)4-3-15(12)25(37)38)30-24(36)20-9-19(31-26-32-41-27(39)33(20)26)23(35)28-10-13-2-7-21-18(8-13)29-22(34)11-40-21/h2-4,7-9,17H,5-6,10-11H2,1H3,(H,28,35)(H,29,34)(H,30,36)(H,37,38)/t17-/m0/s1. The number of anilines is 1. The van der Waals surface area contributed by atoms with E-state index in [1.54, 1.807) is 31.2 Å². The molecule has 2 aliphatic rings. The predicted molar refractivity (Wildman–Crippen MR) is 140 cm³/mol. The third kappa shape index (κ3) is 4.64. The summed E-state index contributed by atoms with van der Waals surface area (Å²) in [6, 6.07) is 8.98. The minimum Gasteiger partial charge on any atom is -0.482 e. The van der Waals surface area contributed by atoms with Crippen molar-refractivity contribution in [3.63, 3.8) is 0 Å². The molecule has 0 saturated carbocycles. The molecule has 41 heavy (non-hydrogen) atoms. The molecule has 4 aromatic rings. The molecule has 0 radical (unpaired) electrons. The van der Waals surface area contributed by atoms with E-state index in [1.807, 2.05) is 0 Å². The van der Waals surface area contributed by atoms with Gasteiger partial charge in [-0.15, -0.1) is 0 Å². The number of carboxylic acids is 1. The van der Waals surface area contributed by atoms with Crippen LogP contribution in [-0.2, 0) is 17.8 Å². The van der Waals surface area contributed by atoms with Crippen LogP contribution in [0, 0.1) is 6.92 Å². The van der Waals surface area contributed by atoms with E-state index in [4.69, 9.17) is 9.26 Å². The molecule has 2 aromatic carbocycles. The number of carbonyl (C=O) groups excluding carboxylic acids is 3. The molecule has 0 bridgehead atoms. The van der Waals surface area contributed by atoms with Crippen LogP contribution in [-0.4, -0.2) is 49.9 Å². The van der Waals surface area contributed by atoms with Crippen molar-refractivity contribution in [1.29, 1.82) is 0 Å². The fourth-order valence-corrected chi connectivity index (χ4v) is 5.14. The number of amides is 3. The minimum absolute atomic E-state index is 0.0680. The molecule has 0 spiro atoms. The second-order valence-electron chi connectivity index (χ2n) is 9.64. The van der Waals surface area contributed by atoms with Crippen molar-refractivity contribution in [2.75, 3.05) is 11.9 Å². The van der Waals surface area contributed by atoms with Gasteiger partial charge in [-0.3, -0.25) is 18.9 Å². The molecule has 4 N–H and O–H groups in total. The number of aromatic carboxylic acids is 1. The van der Waals surface area contributed by atoms with Crippen LogP contribution in [0.25, 0.3) is 5.78 Å². The molecule has 208 valence electrons. The Morgan fingerprint density at radius 3 is 2.78 bits per heavy atom. The van der Waals surface area contributed by atoms with E-state index in [0.717, 1.165) is 15.5 Å². The Bertz CT molecular complexity index is 1840. The summed E-state index contributed by atoms with van der Waals surface area (Å²) in [7, 11) is 0. The van der Waals surface area contributed by atoms with Crippen molar-refractivity contribution in [2.24, 2.45) is 0 Å². The lowest BCUT2D eigenvalue weighted by molar-refractivity contribution is -0.118. The van der Waals surface area contributed by atoms with Gasteiger partial charge in [0.1, 0.15) is 17.1 Å². The first-order valence-corrected chi connectivity index (χ1v) is 12.6. The number of carboxylic acid groups (broad SMARTS) is 1. The Balaban J connectivity index is 1.24. The second-order valence-corrected chi connectivity index (χ2v) is 9.64. The number of hydrogen-bond donors (Lipinski definition) is 4. The molecule has 1 aliphatic heterocycles. The number of nitrogens with one attached hydrogen (secondary N) is 3. The quantitative estimate of drug-likeness (QED) is 0.268. The average molecular weight is 559 g/mol. The van der Waals surface area contributed by atoms with Crippen LogP contribution >= 0.6 is 0 Å². The fourth-order valence-electron chi connectivity index (χ4n) is 5.14. The van der Waals surface area contributed by atoms with E-state index >= 15 is 0 Å². The molecule has 6 rings (SSSR count). The van der Waals surface area contributed by atoms with E-state index in [2.05, 4.69) is 26.1 Å². The summed E-state index contributed by atoms with van der Waals surface area (Å²) < 4.78 is 10.9. The van der Waals surface area contributed by atoms with Crippen molar-refractivity contribution in [3.8, 4) is 5.75 Å². The Labute approximate surface area is 230 Å². The second kappa shape index (κ2) is 9.89. The van der Waals surface area contributed by atoms with Gasteiger partial charge in [-0.2, -0.15) is 0 Å². The summed E-state index contributed by atoms with van der Waals surface area (Å²) in [5.41, 5.74) is 3.25. The predicted octanol–water partition coefficient (Wildman–Crippen LogP) is 1.37. The largest absolute Gasteiger partial charge is 0.482 e. The van der Waals surface area contributed by atoms with E-state index in [-0.39, 0.29) is 41.8 Å². The molecular formula is C27H22N6O8. The Hall–Kier alpha value is -5.53. The number of nitrogens with zero attached hydrogens (tertiary/aromatic N) is 3. The van der Waals surface area contributed by atoms with Gasteiger partial charge in [-0.1, -0.05) is 12.1 Å². The maximum Gasteiger partial charge on any atom is 0.448 e. The van der Waals surface area contributed by atoms with Crippen molar-refractivity contribution in [1.82, 2.24) is 25.2 Å². The number of rotatable bonds is 6. The van der Waals surface area contributed by atoms with Crippen LogP contribution in [0.4, 0.5) is 5.69 Å². The third-order valence-corrected chi connectivity index (χ3v) is 7.15. The fraction of sp³-hybridized carbons (Fsp3) is 0.222. The first-order chi connectivity index (χ1) is 19.7. The first kappa shape index (κ1) is 25.7. The van der Waals surface area contributed by atoms with Gasteiger partial charge in [0.2, 0.25) is 0 Å². The van der Waals surface area contributed by atoms with Crippen LogP contribution in [0.15, 0.2) is 45.7 Å². The SMILES string of the molecule is Cc1c(C(=O)O)ccc2c1CC[C@@H]2NC(=O)c1cc(C(=O)NCc2ccc3c(c2)NC(=O)CO3)nc2noc(=O)n12. The normalized spacial score (nSPS) is 15.4. The first-order valence-electron chi connectivity index (χ1n) is 12.6. The van der Waals surface area contributed by atoms with Crippen molar-refractivity contribution < 1.29 is 33.5 Å². The number of hydrogen-bond acceptors (Lipinski definition) is 9. The van der Waals surface area contributed by atoms with Crippen LogP contribution in [0.3, 0.4) is 0 Å². The van der Waals surface area contributed by atoms with Crippen LogP contribution in [0.1, 0.15) is 66.1 Å². The monoisotopic (exact) mass is 558 g/mol. The summed E-state index contributed by atoms with van der Waals surface area (Å²) in [5, 5.41) is 21.3. The van der Waals surface area contributed by atoms with E-state index in [9.17, 15) is 29.1 Å². The van der Waals surface area contributed by atoms with Gasteiger partial charge in [0.25, 0.3) is 23.5 Å². The Kier molecular flexibility index (Phi) is 6.21. The number of carbonyl (C=O) groups is 4. The molecule has 0 fully saturated rings. The van der Waals surface area contributed by atoms with Gasteiger partial charge in [0.05, 0.1) is 17.3 Å². The van der Waals surface area contributed by atoms with Crippen molar-refractivity contribution in [3.05, 3.63) is 86.2 Å². The molecule has 0 unspecified atom stereocenters.